The molecule has 4 amide bonds. The number of ether oxygens (including phenoxy) is 12. The molecule has 0 bridgehead atoms. The van der Waals surface area contributed by atoms with Crippen LogP contribution in [0.1, 0.15) is 76.7 Å². The quantitative estimate of drug-likeness (QED) is 0.0183. The van der Waals surface area contributed by atoms with Gasteiger partial charge in [-0.2, -0.15) is 0 Å². The first-order valence-electron chi connectivity index (χ1n) is 37.2. The molecule has 0 aromatic carbocycles. The molecule has 0 aliphatic carbocycles. The second kappa shape index (κ2) is 46.8. The average molecular weight is 1610 g/mol. The monoisotopic (exact) mass is 1600 g/mol. The van der Waals surface area contributed by atoms with Crippen molar-refractivity contribution < 1.29 is 137 Å². The number of carbonyl (C=O) groups is 4. The van der Waals surface area contributed by atoms with Gasteiger partial charge in [0.15, 0.2) is 25.2 Å². The Morgan fingerprint density at radius 2 is 0.652 bits per heavy atom. The molecule has 46 nitrogen and oxygen atoms in total. The Hall–Kier alpha value is -6.60. The second-order valence-corrected chi connectivity index (χ2v) is 27.5. The van der Waals surface area contributed by atoms with Crippen LogP contribution >= 0.6 is 0 Å². The average Bonchev–Trinajstić information content (AvgIpc) is 1.37. The van der Waals surface area contributed by atoms with Gasteiger partial charge in [-0.25, -0.2) is 18.7 Å². The number of carbonyl (C=O) groups excluding carboxylic acids is 4. The Balaban J connectivity index is 0.872. The van der Waals surface area contributed by atoms with Crippen LogP contribution in [0, 0.1) is 0 Å². The molecule has 0 spiro atoms. The number of aliphatic hydroxyl groups is 12. The van der Waals surface area contributed by atoms with Gasteiger partial charge >= 0.3 is 0 Å². The van der Waals surface area contributed by atoms with Crippen LogP contribution in [0.5, 0.6) is 0 Å². The van der Waals surface area contributed by atoms with E-state index in [1.165, 1.54) is 27.7 Å². The summed E-state index contributed by atoms with van der Waals surface area (Å²) in [5.41, 5.74) is 2.60. The normalized spacial score (nSPS) is 28.6. The molecule has 112 heavy (non-hydrogen) atoms. The molecular formula is C66H112N18O28. The number of rotatable bonds is 50. The third kappa shape index (κ3) is 28.1. The minimum absolute atomic E-state index is 0.0192. The van der Waals surface area contributed by atoms with Crippen molar-refractivity contribution in [2.45, 2.75) is 235 Å². The maximum Gasteiger partial charge on any atom is 0.217 e. The van der Waals surface area contributed by atoms with Crippen molar-refractivity contribution >= 4 is 23.6 Å². The first kappa shape index (κ1) is 90.9. The van der Waals surface area contributed by atoms with Crippen molar-refractivity contribution in [3.63, 3.8) is 0 Å². The highest BCUT2D eigenvalue weighted by Crippen LogP contribution is 2.27. The van der Waals surface area contributed by atoms with E-state index in [-0.39, 0.29) is 85.3 Å². The molecule has 20 unspecified atom stereocenters. The van der Waals surface area contributed by atoms with Crippen LogP contribution in [-0.4, -0.2) is 396 Å². The second-order valence-electron chi connectivity index (χ2n) is 27.5. The van der Waals surface area contributed by atoms with Crippen molar-refractivity contribution in [1.29, 1.82) is 0 Å². The van der Waals surface area contributed by atoms with Crippen LogP contribution in [0.3, 0.4) is 0 Å². The maximum atomic E-state index is 11.9. The Kier molecular flexibility index (Phi) is 38.0. The van der Waals surface area contributed by atoms with Crippen LogP contribution < -0.4 is 21.3 Å². The van der Waals surface area contributed by atoms with Gasteiger partial charge in [0.25, 0.3) is 0 Å². The van der Waals surface area contributed by atoms with Crippen LogP contribution in [0.2, 0.25) is 0 Å². The Labute approximate surface area is 644 Å². The van der Waals surface area contributed by atoms with Gasteiger partial charge in [0.05, 0.1) is 155 Å². The molecule has 4 saturated heterocycles. The Bertz CT molecular complexity index is 3180. The standard InChI is InChI=1S/C66H112N18O28/c1-38(80(28-45-32-83(77-73-45)12-16-103-20-24-107-65-53(69-41(4)91)61(99)57(95)49(36-87)111-65)29-46-33-84(78-74-46)13-17-104-21-25-108-66-54(70-42(5)92)62(100)58(96)50(37-88)112-66)8-6-7-9-79(26-43-30-81(75-71-43)10-14-101-18-22-105-63-51(67-39(2)89)59(97)55(93)47(34-85)109-63)27-44-31-82(76-72-44)11-15-102-19-23-106-64-52(68-40(3)90)60(98)56(94)48(35-86)110-64/h30-33,38,47-66,85-88,93-100H,6-29,34-37H2,1-5H3,(H,67,89)(H,68,90)(H,69,91)(H,70,92)/t38-,47?,48?,49?,50?,51?,52?,53?,54?,55?,56?,57?,58?,59?,60?,61?,62?,63?,64?,65?,66?/m0/s1. The maximum absolute atomic E-state index is 11.9. The zero-order chi connectivity index (χ0) is 80.8. The molecule has 21 atom stereocenters. The van der Waals surface area contributed by atoms with E-state index < -0.39 is 173 Å². The van der Waals surface area contributed by atoms with Crippen molar-refractivity contribution in [2.24, 2.45) is 0 Å². The van der Waals surface area contributed by atoms with Crippen molar-refractivity contribution in [3.05, 3.63) is 47.6 Å². The number of unbranched alkanes of at least 4 members (excludes halogenated alkanes) is 1. The number of aromatic nitrogens is 12. The predicted molar refractivity (Wildman–Crippen MR) is 375 cm³/mol. The number of amides is 4. The minimum Gasteiger partial charge on any atom is -0.394 e. The molecule has 8 rings (SSSR count). The van der Waals surface area contributed by atoms with E-state index in [4.69, 9.17) is 56.8 Å². The highest BCUT2D eigenvalue weighted by atomic mass is 16.7. The summed E-state index contributed by atoms with van der Waals surface area (Å²) in [5.74, 6) is -1.94. The summed E-state index contributed by atoms with van der Waals surface area (Å²) in [7, 11) is 0. The van der Waals surface area contributed by atoms with Gasteiger partial charge < -0.3 is 139 Å². The van der Waals surface area contributed by atoms with Crippen LogP contribution in [0.4, 0.5) is 0 Å². The lowest BCUT2D eigenvalue weighted by atomic mass is 9.97. The number of aliphatic hydroxyl groups excluding tert-OH is 12. The summed E-state index contributed by atoms with van der Waals surface area (Å²) in [6.07, 6.45) is -11.5. The van der Waals surface area contributed by atoms with Crippen molar-refractivity contribution in [1.82, 2.24) is 91.0 Å². The molecule has 0 saturated carbocycles. The molecule has 0 radical (unpaired) electrons. The summed E-state index contributed by atoms with van der Waals surface area (Å²) >= 11 is 0. The molecule has 16 N–H and O–H groups in total. The van der Waals surface area contributed by atoms with Gasteiger partial charge in [0.2, 0.25) is 23.6 Å². The van der Waals surface area contributed by atoms with E-state index in [1.54, 1.807) is 31.1 Å². The highest BCUT2D eigenvalue weighted by Gasteiger charge is 2.49. The number of nitrogens with one attached hydrogen (secondary N) is 4. The first-order chi connectivity index (χ1) is 53.9. The third-order valence-corrected chi connectivity index (χ3v) is 18.7. The summed E-state index contributed by atoms with van der Waals surface area (Å²) < 4.78 is 75.5. The van der Waals surface area contributed by atoms with E-state index in [9.17, 15) is 80.5 Å². The summed E-state index contributed by atoms with van der Waals surface area (Å²) in [4.78, 5) is 51.9. The Morgan fingerprint density at radius 1 is 0.393 bits per heavy atom. The molecule has 4 fully saturated rings. The summed E-state index contributed by atoms with van der Waals surface area (Å²) in [6.45, 7) is 9.02. The van der Waals surface area contributed by atoms with Gasteiger partial charge in [0, 0.05) is 84.7 Å². The lowest BCUT2D eigenvalue weighted by Crippen LogP contribution is -2.64. The fourth-order valence-electron chi connectivity index (χ4n) is 12.9. The summed E-state index contributed by atoms with van der Waals surface area (Å²) in [5, 5.41) is 168. The Morgan fingerprint density at radius 3 is 0.902 bits per heavy atom. The molecule has 634 valence electrons. The van der Waals surface area contributed by atoms with E-state index in [0.29, 0.717) is 81.7 Å². The van der Waals surface area contributed by atoms with Crippen LogP contribution in [-0.2, 0) is 128 Å². The van der Waals surface area contributed by atoms with Gasteiger partial charge in [-0.1, -0.05) is 27.3 Å². The molecule has 4 aromatic heterocycles. The molecule has 8 heterocycles. The lowest BCUT2D eigenvalue weighted by molar-refractivity contribution is -0.272. The molecule has 46 heteroatoms. The molecular weight excluding hydrogens is 1490 g/mol. The molecule has 4 aliphatic heterocycles. The van der Waals surface area contributed by atoms with Gasteiger partial charge in [-0.3, -0.25) is 29.0 Å². The van der Waals surface area contributed by atoms with E-state index in [2.05, 4.69) is 79.2 Å². The van der Waals surface area contributed by atoms with E-state index in [0.717, 1.165) is 19.3 Å². The smallest absolute Gasteiger partial charge is 0.217 e. The van der Waals surface area contributed by atoms with Gasteiger partial charge in [-0.05, 0) is 26.3 Å². The zero-order valence-electron chi connectivity index (χ0n) is 63.4. The zero-order valence-corrected chi connectivity index (χ0v) is 63.4. The number of hydrogen-bond acceptors (Lipinski definition) is 38. The lowest BCUT2D eigenvalue weighted by Gasteiger charge is -2.42. The van der Waals surface area contributed by atoms with Gasteiger partial charge in [0.1, 0.15) is 97.4 Å². The van der Waals surface area contributed by atoms with Crippen LogP contribution in [0.15, 0.2) is 24.8 Å². The number of nitrogens with zero attached hydrogens (tertiary/aromatic N) is 14. The van der Waals surface area contributed by atoms with Crippen molar-refractivity contribution in [2.75, 3.05) is 112 Å². The summed E-state index contributed by atoms with van der Waals surface area (Å²) in [6, 6.07) is -4.48. The number of hydrogen-bond donors (Lipinski definition) is 16. The third-order valence-electron chi connectivity index (χ3n) is 18.7. The topological polar surface area (TPSA) is 599 Å². The highest BCUT2D eigenvalue weighted by molar-refractivity contribution is 5.74. The van der Waals surface area contributed by atoms with E-state index in [1.807, 2.05) is 12.4 Å². The van der Waals surface area contributed by atoms with Gasteiger partial charge in [-0.15, -0.1) is 20.4 Å². The largest absolute Gasteiger partial charge is 0.394 e. The fourth-order valence-corrected chi connectivity index (χ4v) is 12.9. The van der Waals surface area contributed by atoms with Crippen LogP contribution in [0.25, 0.3) is 0 Å². The SMILES string of the molecule is CC(=O)NC1C(OCCOCCn2cc(CN(CCCC[C@H](C)N(Cc3cn(CCOCCOC4OC(CO)C(O)C(O)C4NC(C)=O)nn3)Cc3cn(CCOCCOC4OC(CO)C(O)C(O)C4NC(C)=O)nn3)Cc3cn(CCOCCOC4OC(CO)C(O)C(O)C4NC(C)=O)nn3)nn2)OC(CO)C(O)C1O. The molecule has 4 aromatic rings. The first-order valence-corrected chi connectivity index (χ1v) is 37.2. The molecule has 4 aliphatic rings. The fraction of sp³-hybridized carbons (Fsp3) is 0.818. The minimum atomic E-state index is -1.46. The van der Waals surface area contributed by atoms with Crippen molar-refractivity contribution in [3.8, 4) is 0 Å². The van der Waals surface area contributed by atoms with E-state index >= 15 is 0 Å². The predicted octanol–water partition coefficient (Wildman–Crippen LogP) is -9.78.